The van der Waals surface area contributed by atoms with Gasteiger partial charge in [-0.2, -0.15) is 5.10 Å². The molecule has 1 aliphatic rings. The zero-order valence-electron chi connectivity index (χ0n) is 12.5. The Bertz CT molecular complexity index is 668. The SMILES string of the molecule is O=C(Cc1csc(N2CCOCC2)n1)N/N=C\c1ccccn1. The van der Waals surface area contributed by atoms with E-state index in [9.17, 15) is 4.79 Å². The number of thiazole rings is 1. The van der Waals surface area contributed by atoms with E-state index in [-0.39, 0.29) is 12.3 Å². The molecule has 3 rings (SSSR count). The fourth-order valence-electron chi connectivity index (χ4n) is 2.10. The number of nitrogens with zero attached hydrogens (tertiary/aromatic N) is 4. The van der Waals surface area contributed by atoms with Crippen LogP contribution in [0.4, 0.5) is 5.13 Å². The van der Waals surface area contributed by atoms with Crippen LogP contribution in [-0.4, -0.2) is 48.4 Å². The van der Waals surface area contributed by atoms with Gasteiger partial charge in [0.2, 0.25) is 5.91 Å². The Labute approximate surface area is 138 Å². The lowest BCUT2D eigenvalue weighted by Crippen LogP contribution is -2.36. The maximum absolute atomic E-state index is 11.9. The number of carbonyl (C=O) groups excluding carboxylic acids is 1. The lowest BCUT2D eigenvalue weighted by molar-refractivity contribution is -0.120. The highest BCUT2D eigenvalue weighted by molar-refractivity contribution is 7.13. The molecule has 2 aromatic rings. The number of hydrogen-bond donors (Lipinski definition) is 1. The molecule has 0 aromatic carbocycles. The summed E-state index contributed by atoms with van der Waals surface area (Å²) in [6.07, 6.45) is 3.39. The molecule has 2 aromatic heterocycles. The van der Waals surface area contributed by atoms with Crippen molar-refractivity contribution < 1.29 is 9.53 Å². The number of aromatic nitrogens is 2. The highest BCUT2D eigenvalue weighted by Gasteiger charge is 2.15. The van der Waals surface area contributed by atoms with Gasteiger partial charge < -0.3 is 9.64 Å². The predicted octanol–water partition coefficient (Wildman–Crippen LogP) is 1.07. The van der Waals surface area contributed by atoms with Crippen LogP contribution in [0.15, 0.2) is 34.9 Å². The fraction of sp³-hybridized carbons (Fsp3) is 0.333. The van der Waals surface area contributed by atoms with Crippen molar-refractivity contribution >= 4 is 28.6 Å². The summed E-state index contributed by atoms with van der Waals surface area (Å²) in [5.41, 5.74) is 3.93. The van der Waals surface area contributed by atoms with Crippen molar-refractivity contribution in [1.29, 1.82) is 0 Å². The van der Waals surface area contributed by atoms with Gasteiger partial charge >= 0.3 is 0 Å². The Morgan fingerprint density at radius 1 is 1.43 bits per heavy atom. The van der Waals surface area contributed by atoms with E-state index in [4.69, 9.17) is 4.74 Å². The summed E-state index contributed by atoms with van der Waals surface area (Å²) in [5, 5.41) is 6.74. The lowest BCUT2D eigenvalue weighted by Gasteiger charge is -2.26. The summed E-state index contributed by atoms with van der Waals surface area (Å²) < 4.78 is 5.32. The minimum atomic E-state index is -0.198. The Balaban J connectivity index is 1.50. The molecule has 0 unspecified atom stereocenters. The molecule has 7 nitrogen and oxygen atoms in total. The second-order valence-corrected chi connectivity index (χ2v) is 5.78. The first-order valence-corrected chi connectivity index (χ1v) is 8.19. The van der Waals surface area contributed by atoms with Crippen LogP contribution in [0.5, 0.6) is 0 Å². The molecule has 0 bridgehead atoms. The number of morpholine rings is 1. The Morgan fingerprint density at radius 2 is 2.30 bits per heavy atom. The number of ether oxygens (including phenoxy) is 1. The van der Waals surface area contributed by atoms with E-state index in [1.165, 1.54) is 6.21 Å². The van der Waals surface area contributed by atoms with Crippen molar-refractivity contribution in [3.05, 3.63) is 41.2 Å². The van der Waals surface area contributed by atoms with E-state index in [0.29, 0.717) is 5.69 Å². The lowest BCUT2D eigenvalue weighted by atomic mass is 10.3. The number of hydrogen-bond acceptors (Lipinski definition) is 7. The average molecular weight is 331 g/mol. The molecule has 1 N–H and O–H groups in total. The van der Waals surface area contributed by atoms with Gasteiger partial charge in [0.25, 0.3) is 0 Å². The van der Waals surface area contributed by atoms with Crippen molar-refractivity contribution in [3.63, 3.8) is 0 Å². The quantitative estimate of drug-likeness (QED) is 0.655. The van der Waals surface area contributed by atoms with Gasteiger partial charge in [0.15, 0.2) is 5.13 Å². The van der Waals surface area contributed by atoms with Crippen molar-refractivity contribution in [3.8, 4) is 0 Å². The van der Waals surface area contributed by atoms with Crippen LogP contribution in [0.25, 0.3) is 0 Å². The van der Waals surface area contributed by atoms with E-state index in [1.807, 2.05) is 23.6 Å². The third-order valence-corrected chi connectivity index (χ3v) is 4.19. The van der Waals surface area contributed by atoms with Gasteiger partial charge in [-0.25, -0.2) is 10.4 Å². The van der Waals surface area contributed by atoms with Crippen LogP contribution in [-0.2, 0) is 16.0 Å². The summed E-state index contributed by atoms with van der Waals surface area (Å²) in [4.78, 5) is 22.6. The number of nitrogens with one attached hydrogen (secondary N) is 1. The Morgan fingerprint density at radius 3 is 3.09 bits per heavy atom. The second kappa shape index (κ2) is 7.80. The van der Waals surface area contributed by atoms with Crippen LogP contribution in [0.3, 0.4) is 0 Å². The minimum Gasteiger partial charge on any atom is -0.378 e. The normalized spacial score (nSPS) is 15.0. The average Bonchev–Trinajstić information content (AvgIpc) is 3.05. The molecule has 8 heteroatoms. The van der Waals surface area contributed by atoms with E-state index in [2.05, 4.69) is 25.4 Å². The van der Waals surface area contributed by atoms with E-state index in [1.54, 1.807) is 17.5 Å². The number of pyridine rings is 1. The number of hydrazone groups is 1. The van der Waals surface area contributed by atoms with Crippen molar-refractivity contribution in [1.82, 2.24) is 15.4 Å². The molecule has 0 spiro atoms. The summed E-state index contributed by atoms with van der Waals surface area (Å²) >= 11 is 1.55. The number of anilines is 1. The monoisotopic (exact) mass is 331 g/mol. The number of carbonyl (C=O) groups is 1. The van der Waals surface area contributed by atoms with Crippen LogP contribution in [0, 0.1) is 0 Å². The maximum atomic E-state index is 11.9. The van der Waals surface area contributed by atoms with E-state index < -0.39 is 0 Å². The van der Waals surface area contributed by atoms with Crippen LogP contribution < -0.4 is 10.3 Å². The standard InChI is InChI=1S/C15H17N5O2S/c21-14(19-17-10-12-3-1-2-4-16-12)9-13-11-23-15(18-13)20-5-7-22-8-6-20/h1-4,10-11H,5-9H2,(H,19,21)/b17-10-. The first-order chi connectivity index (χ1) is 11.3. The Hall–Kier alpha value is -2.32. The molecule has 0 atom stereocenters. The largest absolute Gasteiger partial charge is 0.378 e. The van der Waals surface area contributed by atoms with Gasteiger partial charge in [0.05, 0.1) is 37.2 Å². The van der Waals surface area contributed by atoms with Gasteiger partial charge in [-0.3, -0.25) is 9.78 Å². The molecule has 0 saturated carbocycles. The van der Waals surface area contributed by atoms with Crippen LogP contribution in [0.2, 0.25) is 0 Å². The molecule has 1 aliphatic heterocycles. The van der Waals surface area contributed by atoms with Gasteiger partial charge in [-0.05, 0) is 12.1 Å². The molecule has 1 saturated heterocycles. The zero-order chi connectivity index (χ0) is 15.9. The summed E-state index contributed by atoms with van der Waals surface area (Å²) in [6.45, 7) is 3.12. The molecule has 0 radical (unpaired) electrons. The molecule has 23 heavy (non-hydrogen) atoms. The van der Waals surface area contributed by atoms with Crippen LogP contribution in [0.1, 0.15) is 11.4 Å². The maximum Gasteiger partial charge on any atom is 0.246 e. The first-order valence-electron chi connectivity index (χ1n) is 7.31. The molecule has 120 valence electrons. The van der Waals surface area contributed by atoms with Crippen LogP contribution >= 0.6 is 11.3 Å². The number of rotatable bonds is 5. The van der Waals surface area contributed by atoms with E-state index in [0.717, 1.165) is 37.1 Å². The summed E-state index contributed by atoms with van der Waals surface area (Å²) in [7, 11) is 0. The third kappa shape index (κ3) is 4.57. The molecule has 3 heterocycles. The zero-order valence-corrected chi connectivity index (χ0v) is 13.3. The topological polar surface area (TPSA) is 79.7 Å². The van der Waals surface area contributed by atoms with Gasteiger partial charge in [-0.1, -0.05) is 6.07 Å². The molecular weight excluding hydrogens is 314 g/mol. The predicted molar refractivity (Wildman–Crippen MR) is 88.8 cm³/mol. The Kier molecular flexibility index (Phi) is 5.28. The molecule has 1 amide bonds. The third-order valence-electron chi connectivity index (χ3n) is 3.24. The molecule has 0 aliphatic carbocycles. The second-order valence-electron chi connectivity index (χ2n) is 4.95. The highest BCUT2D eigenvalue weighted by atomic mass is 32.1. The minimum absolute atomic E-state index is 0.198. The summed E-state index contributed by atoms with van der Waals surface area (Å²) in [6, 6.07) is 5.49. The first kappa shape index (κ1) is 15.6. The van der Waals surface area contributed by atoms with Crippen molar-refractivity contribution in [2.24, 2.45) is 5.10 Å². The summed E-state index contributed by atoms with van der Waals surface area (Å²) in [5.74, 6) is -0.198. The van der Waals surface area contributed by atoms with E-state index >= 15 is 0 Å². The molecule has 1 fully saturated rings. The van der Waals surface area contributed by atoms with Gasteiger partial charge in [0.1, 0.15) is 0 Å². The molecular formula is C15H17N5O2S. The smallest absolute Gasteiger partial charge is 0.246 e. The number of amides is 1. The van der Waals surface area contributed by atoms with Gasteiger partial charge in [0, 0.05) is 24.7 Å². The van der Waals surface area contributed by atoms with Crippen molar-refractivity contribution in [2.75, 3.05) is 31.2 Å². The van der Waals surface area contributed by atoms with Gasteiger partial charge in [-0.15, -0.1) is 11.3 Å². The highest BCUT2D eigenvalue weighted by Crippen LogP contribution is 2.21. The fourth-order valence-corrected chi connectivity index (χ4v) is 2.98. The van der Waals surface area contributed by atoms with Crippen molar-refractivity contribution in [2.45, 2.75) is 6.42 Å².